The van der Waals surface area contributed by atoms with Gasteiger partial charge in [0.1, 0.15) is 0 Å². The fourth-order valence-electron chi connectivity index (χ4n) is 12.2. The summed E-state index contributed by atoms with van der Waals surface area (Å²) >= 11 is 0. The zero-order valence-corrected chi connectivity index (χ0v) is 28.8. The van der Waals surface area contributed by atoms with Crippen molar-refractivity contribution >= 4 is 0 Å². The zero-order chi connectivity index (χ0) is 31.8. The normalized spacial score (nSPS) is 44.2. The summed E-state index contributed by atoms with van der Waals surface area (Å²) in [6, 6.07) is 11.6. The summed E-state index contributed by atoms with van der Waals surface area (Å²) in [5, 5.41) is 0. The van der Waals surface area contributed by atoms with E-state index in [1.807, 2.05) is 0 Å². The molecule has 0 amide bonds. The Bertz CT molecular complexity index is 1110. The van der Waals surface area contributed by atoms with Crippen LogP contribution in [0.2, 0.25) is 0 Å². The van der Waals surface area contributed by atoms with Crippen molar-refractivity contribution in [3.05, 3.63) is 35.9 Å². The third-order valence-electron chi connectivity index (χ3n) is 14.4. The predicted octanol–water partition coefficient (Wildman–Crippen LogP) is 5.20. The van der Waals surface area contributed by atoms with Crippen LogP contribution < -0.4 is 17.2 Å². The van der Waals surface area contributed by atoms with Crippen LogP contribution in [0.4, 0.5) is 0 Å². The first-order valence-electron chi connectivity index (χ1n) is 18.4. The van der Waals surface area contributed by atoms with E-state index in [2.05, 4.69) is 63.1 Å². The average molecular weight is 625 g/mol. The third kappa shape index (κ3) is 5.95. The van der Waals surface area contributed by atoms with Crippen molar-refractivity contribution < 1.29 is 14.2 Å². The maximum Gasteiger partial charge on any atom is 0.0637 e. The summed E-state index contributed by atoms with van der Waals surface area (Å²) in [5.41, 5.74) is 20.1. The van der Waals surface area contributed by atoms with Gasteiger partial charge in [0.05, 0.1) is 38.1 Å². The topological polar surface area (TPSA) is 109 Å². The van der Waals surface area contributed by atoms with Gasteiger partial charge in [0.25, 0.3) is 0 Å². The maximum atomic E-state index is 6.96. The SMILES string of the molecule is CN(Cc1ccccc1)C1CC[C@]1(C)[C@H]1CC[C@H]2[C@@H]3[C@H](OCCN)C[C@@H]4CC(OCCN)CC[C@]4(C)[C@H]3C[C@H](OCCN)[C@@]21C. The molecule has 0 heterocycles. The van der Waals surface area contributed by atoms with Crippen molar-refractivity contribution in [1.29, 1.82) is 0 Å². The number of fused-ring (bicyclic) bond motifs is 5. The van der Waals surface area contributed by atoms with Crippen LogP contribution in [0, 0.1) is 45.8 Å². The molecule has 5 aliphatic rings. The van der Waals surface area contributed by atoms with Crippen LogP contribution in [-0.4, -0.2) is 75.8 Å². The van der Waals surface area contributed by atoms with Crippen molar-refractivity contribution in [2.45, 2.75) is 109 Å². The van der Waals surface area contributed by atoms with Crippen LogP contribution in [0.3, 0.4) is 0 Å². The molecule has 1 aromatic carbocycles. The van der Waals surface area contributed by atoms with Gasteiger partial charge in [-0.15, -0.1) is 0 Å². The summed E-state index contributed by atoms with van der Waals surface area (Å²) in [7, 11) is 2.36. The molecular weight excluding hydrogens is 560 g/mol. The van der Waals surface area contributed by atoms with Gasteiger partial charge in [0.15, 0.2) is 0 Å². The molecular formula is C38H64N4O3. The van der Waals surface area contributed by atoms with Gasteiger partial charge >= 0.3 is 0 Å². The molecule has 0 aliphatic heterocycles. The fraction of sp³-hybridized carbons (Fsp3) is 0.842. The Hall–Kier alpha value is -1.06. The number of rotatable bonds is 13. The highest BCUT2D eigenvalue weighted by Crippen LogP contribution is 2.72. The summed E-state index contributed by atoms with van der Waals surface area (Å²) in [6.45, 7) is 12.6. The summed E-state index contributed by atoms with van der Waals surface area (Å²) in [5.74, 6) is 2.94. The Labute approximate surface area is 273 Å². The standard InChI is InChI=1S/C38H64N4O3/c1-36-14-12-28(43-19-16-39)22-27(36)23-31(44-20-17-40)35-29-10-11-32(38(29,3)34(24-30(35)36)45-21-18-41)37(2)15-13-33(37)42(4)25-26-8-6-5-7-9-26/h5-9,27-35H,10-25,39-41H2,1-4H3/t27-,28?,29-,30-,31+,32+,33?,34-,35-,36-,37+,38-/m0/s1. The molecule has 1 aromatic rings. The monoisotopic (exact) mass is 624 g/mol. The van der Waals surface area contributed by atoms with E-state index in [9.17, 15) is 0 Å². The number of benzene rings is 1. The summed E-state index contributed by atoms with van der Waals surface area (Å²) in [4.78, 5) is 2.65. The van der Waals surface area contributed by atoms with Gasteiger partial charge in [-0.2, -0.15) is 0 Å². The Morgan fingerprint density at radius 2 is 1.44 bits per heavy atom. The van der Waals surface area contributed by atoms with E-state index in [1.54, 1.807) is 0 Å². The lowest BCUT2D eigenvalue weighted by molar-refractivity contribution is -0.237. The summed E-state index contributed by atoms with van der Waals surface area (Å²) in [6.07, 6.45) is 11.7. The van der Waals surface area contributed by atoms with E-state index in [0.717, 1.165) is 32.2 Å². The van der Waals surface area contributed by atoms with Crippen LogP contribution in [0.15, 0.2) is 30.3 Å². The van der Waals surface area contributed by atoms with E-state index < -0.39 is 0 Å². The molecule has 7 heteroatoms. The first-order valence-corrected chi connectivity index (χ1v) is 18.4. The second-order valence-electron chi connectivity index (χ2n) is 16.3. The molecule has 5 fully saturated rings. The van der Waals surface area contributed by atoms with Gasteiger partial charge < -0.3 is 31.4 Å². The van der Waals surface area contributed by atoms with Crippen molar-refractivity contribution in [2.24, 2.45) is 63.0 Å². The molecule has 0 spiro atoms. The molecule has 12 atom stereocenters. The van der Waals surface area contributed by atoms with E-state index in [4.69, 9.17) is 31.4 Å². The van der Waals surface area contributed by atoms with Crippen LogP contribution in [0.25, 0.3) is 0 Å². The lowest BCUT2D eigenvalue weighted by Gasteiger charge is -2.66. The van der Waals surface area contributed by atoms with Crippen LogP contribution >= 0.6 is 0 Å². The molecule has 7 nitrogen and oxygen atoms in total. The van der Waals surface area contributed by atoms with E-state index in [-0.39, 0.29) is 28.5 Å². The Balaban J connectivity index is 1.30. The van der Waals surface area contributed by atoms with E-state index >= 15 is 0 Å². The van der Waals surface area contributed by atoms with E-state index in [0.29, 0.717) is 81.2 Å². The molecule has 0 saturated heterocycles. The Morgan fingerprint density at radius 3 is 2.13 bits per heavy atom. The molecule has 45 heavy (non-hydrogen) atoms. The number of hydrogen-bond acceptors (Lipinski definition) is 7. The molecule has 2 unspecified atom stereocenters. The second kappa shape index (κ2) is 13.8. The second-order valence-corrected chi connectivity index (χ2v) is 16.3. The molecule has 5 aliphatic carbocycles. The van der Waals surface area contributed by atoms with Crippen LogP contribution in [-0.2, 0) is 20.8 Å². The highest BCUT2D eigenvalue weighted by molar-refractivity contribution is 5.20. The molecule has 5 saturated carbocycles. The fourth-order valence-corrected chi connectivity index (χ4v) is 12.2. The first kappa shape index (κ1) is 33.8. The minimum atomic E-state index is 0.103. The van der Waals surface area contributed by atoms with Crippen molar-refractivity contribution in [3.8, 4) is 0 Å². The largest absolute Gasteiger partial charge is 0.377 e. The smallest absolute Gasteiger partial charge is 0.0637 e. The van der Waals surface area contributed by atoms with Gasteiger partial charge in [-0.1, -0.05) is 51.1 Å². The van der Waals surface area contributed by atoms with Gasteiger partial charge in [-0.25, -0.2) is 0 Å². The third-order valence-corrected chi connectivity index (χ3v) is 14.4. The van der Waals surface area contributed by atoms with Crippen molar-refractivity contribution in [2.75, 3.05) is 46.5 Å². The van der Waals surface area contributed by atoms with Crippen molar-refractivity contribution in [3.63, 3.8) is 0 Å². The Morgan fingerprint density at radius 1 is 0.756 bits per heavy atom. The quantitative estimate of drug-likeness (QED) is 0.277. The highest BCUT2D eigenvalue weighted by Gasteiger charge is 2.69. The van der Waals surface area contributed by atoms with Gasteiger partial charge in [-0.3, -0.25) is 4.90 Å². The van der Waals surface area contributed by atoms with Gasteiger partial charge in [-0.05, 0) is 111 Å². The highest BCUT2D eigenvalue weighted by atomic mass is 16.5. The lowest BCUT2D eigenvalue weighted by Crippen LogP contribution is -2.66. The van der Waals surface area contributed by atoms with Crippen LogP contribution in [0.1, 0.15) is 84.1 Å². The minimum Gasteiger partial charge on any atom is -0.377 e. The molecule has 0 radical (unpaired) electrons. The predicted molar refractivity (Wildman–Crippen MR) is 181 cm³/mol. The molecule has 6 rings (SSSR count). The zero-order valence-electron chi connectivity index (χ0n) is 28.8. The molecule has 6 N–H and O–H groups in total. The Kier molecular flexibility index (Phi) is 10.4. The number of nitrogens with two attached hydrogens (primary N) is 3. The van der Waals surface area contributed by atoms with Crippen LogP contribution in [0.5, 0.6) is 0 Å². The number of hydrogen-bond donors (Lipinski definition) is 3. The maximum absolute atomic E-state index is 6.96. The van der Waals surface area contributed by atoms with Crippen molar-refractivity contribution in [1.82, 2.24) is 4.90 Å². The molecule has 254 valence electrons. The summed E-state index contributed by atoms with van der Waals surface area (Å²) < 4.78 is 20.0. The molecule has 0 aromatic heterocycles. The van der Waals surface area contributed by atoms with E-state index in [1.165, 1.54) is 37.7 Å². The number of ether oxygens (including phenoxy) is 3. The van der Waals surface area contributed by atoms with Gasteiger partial charge in [0.2, 0.25) is 0 Å². The number of nitrogens with zero attached hydrogens (tertiary/aromatic N) is 1. The molecule has 0 bridgehead atoms. The lowest BCUT2D eigenvalue weighted by atomic mass is 9.41. The average Bonchev–Trinajstić information content (AvgIpc) is 3.39. The van der Waals surface area contributed by atoms with Gasteiger partial charge in [0, 0.05) is 37.6 Å². The minimum absolute atomic E-state index is 0.103. The first-order chi connectivity index (χ1) is 21.7.